The molecular formula is C22H29F5N3O7P. The minimum absolute atomic E-state index is 0.173. The molecule has 38 heavy (non-hydrogen) atoms. The number of nitrogens with zero attached hydrogens (tertiary/aromatic N) is 1. The number of carbonyl (C=O) groups excluding carboxylic acids is 3. The first-order valence-electron chi connectivity index (χ1n) is 11.0. The van der Waals surface area contributed by atoms with E-state index in [1.807, 2.05) is 0 Å². The first kappa shape index (κ1) is 33.2. The zero-order chi connectivity index (χ0) is 28.7. The van der Waals surface area contributed by atoms with E-state index in [0.717, 1.165) is 0 Å². The number of amides is 2. The predicted molar refractivity (Wildman–Crippen MR) is 126 cm³/mol. The normalized spacial score (nSPS) is 19.1. The van der Waals surface area contributed by atoms with Gasteiger partial charge in [0.25, 0.3) is 5.92 Å². The molecule has 1 fully saturated rings. The average Bonchev–Trinajstić information content (AvgIpc) is 3.17. The predicted octanol–water partition coefficient (Wildman–Crippen LogP) is 4.13. The van der Waals surface area contributed by atoms with Gasteiger partial charge in [0, 0.05) is 7.05 Å². The minimum atomic E-state index is -3.47. The molecule has 16 heteroatoms. The van der Waals surface area contributed by atoms with E-state index in [4.69, 9.17) is 18.5 Å². The van der Waals surface area contributed by atoms with Gasteiger partial charge in [0.1, 0.15) is 24.6 Å². The number of aldehydes is 1. The molecule has 1 aliphatic heterocycles. The lowest BCUT2D eigenvalue weighted by molar-refractivity contribution is -0.145. The summed E-state index contributed by atoms with van der Waals surface area (Å²) in [5.41, 5.74) is 0. The zero-order valence-electron chi connectivity index (χ0n) is 20.7. The van der Waals surface area contributed by atoms with Crippen molar-refractivity contribution < 1.29 is 54.9 Å². The Bertz CT molecular complexity index is 915. The molecule has 0 radical (unpaired) electrons. The molecule has 2 amide bonds. The van der Waals surface area contributed by atoms with Gasteiger partial charge in [0.05, 0.1) is 25.3 Å². The topological polar surface area (TPSA) is 115 Å². The Morgan fingerprint density at radius 3 is 2.45 bits per heavy atom. The van der Waals surface area contributed by atoms with Gasteiger partial charge in [-0.3, -0.25) is 14.5 Å². The molecule has 214 valence electrons. The second-order valence-electron chi connectivity index (χ2n) is 7.57. The summed E-state index contributed by atoms with van der Waals surface area (Å²) in [5.74, 6) is -5.05. The SMILES string of the molecule is CNC(=O)N(/C=C(/F)C=O)C1CC(F)(F)C(COP(NCC(=O)OC(C)C)Oc2ccccc2)O1.FCF. The van der Waals surface area contributed by atoms with E-state index in [1.54, 1.807) is 44.2 Å². The van der Waals surface area contributed by atoms with E-state index in [9.17, 15) is 36.3 Å². The van der Waals surface area contributed by atoms with Crippen LogP contribution in [0.4, 0.5) is 26.7 Å². The van der Waals surface area contributed by atoms with Gasteiger partial charge >= 0.3 is 20.5 Å². The maximum absolute atomic E-state index is 14.7. The fourth-order valence-electron chi connectivity index (χ4n) is 2.84. The third-order valence-corrected chi connectivity index (χ3v) is 5.54. The number of alkyl halides is 4. The van der Waals surface area contributed by atoms with Crippen LogP contribution < -0.4 is 14.9 Å². The van der Waals surface area contributed by atoms with Crippen molar-refractivity contribution in [2.24, 2.45) is 0 Å². The number of urea groups is 1. The van der Waals surface area contributed by atoms with Gasteiger partial charge in [-0.2, -0.15) is 0 Å². The van der Waals surface area contributed by atoms with Crippen LogP contribution in [0.15, 0.2) is 42.4 Å². The number of rotatable bonds is 12. The molecule has 0 spiro atoms. The molecule has 1 saturated heterocycles. The second-order valence-corrected chi connectivity index (χ2v) is 8.84. The van der Waals surface area contributed by atoms with Crippen molar-refractivity contribution in [2.75, 3.05) is 27.1 Å². The van der Waals surface area contributed by atoms with Gasteiger partial charge in [-0.05, 0) is 26.0 Å². The van der Waals surface area contributed by atoms with Gasteiger partial charge in [-0.1, -0.05) is 18.2 Å². The highest BCUT2D eigenvalue weighted by molar-refractivity contribution is 7.45. The molecule has 1 aromatic rings. The van der Waals surface area contributed by atoms with Crippen LogP contribution in [0.5, 0.6) is 5.75 Å². The summed E-state index contributed by atoms with van der Waals surface area (Å²) in [6, 6.07) is 7.39. The van der Waals surface area contributed by atoms with Crippen molar-refractivity contribution in [3.8, 4) is 5.75 Å². The van der Waals surface area contributed by atoms with Gasteiger partial charge < -0.3 is 23.8 Å². The van der Waals surface area contributed by atoms with E-state index in [-0.39, 0.29) is 18.9 Å². The van der Waals surface area contributed by atoms with Crippen LogP contribution in [-0.4, -0.2) is 74.7 Å². The molecular weight excluding hydrogens is 544 g/mol. The van der Waals surface area contributed by atoms with Gasteiger partial charge in [-0.15, -0.1) is 0 Å². The van der Waals surface area contributed by atoms with Gasteiger partial charge in [0.15, 0.2) is 12.1 Å². The summed E-state index contributed by atoms with van der Waals surface area (Å²) in [6.07, 6.45) is -4.42. The Balaban J connectivity index is 0.00000229. The standard InChI is InChI=1S/C21H27F3N3O7P.CH2F2/c1-14(2)32-19(29)10-26-35(34-16-7-5-4-6-8-16)31-13-17-21(23,24)9-18(33-17)27(20(30)25-3)11-15(22)12-28;2-1-3/h4-8,11-12,14,17-18,26H,9-10,13H2,1-3H3,(H,25,30);1H2/b15-11+;. The highest BCUT2D eigenvalue weighted by atomic mass is 31.2. The van der Waals surface area contributed by atoms with E-state index >= 15 is 0 Å². The van der Waals surface area contributed by atoms with E-state index in [1.165, 1.54) is 7.05 Å². The second kappa shape index (κ2) is 16.9. The Morgan fingerprint density at radius 2 is 1.89 bits per heavy atom. The van der Waals surface area contributed by atoms with Crippen molar-refractivity contribution in [3.05, 3.63) is 42.4 Å². The number of allylic oxidation sites excluding steroid dienone is 1. The number of para-hydroxylation sites is 1. The number of halogens is 5. The molecule has 0 aliphatic carbocycles. The summed E-state index contributed by atoms with van der Waals surface area (Å²) in [7, 11) is -0.881. The molecule has 3 atom stereocenters. The fourth-order valence-corrected chi connectivity index (χ4v) is 3.89. The average molecular weight is 573 g/mol. The number of nitrogens with one attached hydrogen (secondary N) is 2. The molecule has 1 heterocycles. The van der Waals surface area contributed by atoms with Crippen LogP contribution in [0.3, 0.4) is 0 Å². The largest absolute Gasteiger partial charge is 0.462 e. The molecule has 0 bridgehead atoms. The third kappa shape index (κ3) is 11.7. The maximum Gasteiger partial charge on any atom is 0.323 e. The molecule has 1 aromatic carbocycles. The number of esters is 1. The van der Waals surface area contributed by atoms with Crippen LogP contribution in [0.1, 0.15) is 20.3 Å². The Morgan fingerprint density at radius 1 is 1.26 bits per heavy atom. The van der Waals surface area contributed by atoms with Gasteiger partial charge in [-0.25, -0.2) is 31.8 Å². The lowest BCUT2D eigenvalue weighted by Crippen LogP contribution is -2.42. The smallest absolute Gasteiger partial charge is 0.323 e. The van der Waals surface area contributed by atoms with Crippen molar-refractivity contribution in [1.82, 2.24) is 15.3 Å². The Labute approximate surface area is 217 Å². The number of carbonyl (C=O) groups is 3. The van der Waals surface area contributed by atoms with Crippen LogP contribution in [-0.2, 0) is 23.6 Å². The van der Waals surface area contributed by atoms with Crippen molar-refractivity contribution in [3.63, 3.8) is 0 Å². The molecule has 0 saturated carbocycles. The minimum Gasteiger partial charge on any atom is -0.462 e. The molecule has 2 N–H and O–H groups in total. The van der Waals surface area contributed by atoms with Crippen LogP contribution in [0.2, 0.25) is 0 Å². The summed E-state index contributed by atoms with van der Waals surface area (Å²) >= 11 is 0. The fraction of sp³-hybridized carbons (Fsp3) is 0.500. The molecule has 2 rings (SSSR count). The molecule has 3 unspecified atom stereocenters. The van der Waals surface area contributed by atoms with Crippen molar-refractivity contribution >= 4 is 26.8 Å². The van der Waals surface area contributed by atoms with Crippen molar-refractivity contribution in [1.29, 1.82) is 0 Å². The van der Waals surface area contributed by atoms with E-state index in [0.29, 0.717) is 16.8 Å². The number of ether oxygens (including phenoxy) is 2. The van der Waals surface area contributed by atoms with Crippen LogP contribution in [0.25, 0.3) is 0 Å². The Kier molecular flexibility index (Phi) is 14.7. The highest BCUT2D eigenvalue weighted by Gasteiger charge is 2.53. The van der Waals surface area contributed by atoms with E-state index < -0.39 is 64.6 Å². The lowest BCUT2D eigenvalue weighted by atomic mass is 10.1. The van der Waals surface area contributed by atoms with Crippen molar-refractivity contribution in [2.45, 2.75) is 44.6 Å². The first-order chi connectivity index (χ1) is 18.0. The first-order valence-corrected chi connectivity index (χ1v) is 12.2. The monoisotopic (exact) mass is 573 g/mol. The quantitative estimate of drug-likeness (QED) is 0.126. The van der Waals surface area contributed by atoms with Crippen LogP contribution >= 0.6 is 8.53 Å². The summed E-state index contributed by atoms with van der Waals surface area (Å²) in [4.78, 5) is 35.0. The third-order valence-electron chi connectivity index (χ3n) is 4.37. The molecule has 1 aliphatic rings. The zero-order valence-corrected chi connectivity index (χ0v) is 21.6. The van der Waals surface area contributed by atoms with Gasteiger partial charge in [0.2, 0.25) is 6.93 Å². The van der Waals surface area contributed by atoms with E-state index in [2.05, 4.69) is 10.4 Å². The maximum atomic E-state index is 14.7. The van der Waals surface area contributed by atoms with Crippen LogP contribution in [0, 0.1) is 0 Å². The summed E-state index contributed by atoms with van der Waals surface area (Å²) in [5, 5.41) is 4.86. The Hall–Kier alpha value is -2.87. The number of benzene rings is 1. The summed E-state index contributed by atoms with van der Waals surface area (Å²) in [6.45, 7) is 0.606. The highest BCUT2D eigenvalue weighted by Crippen LogP contribution is 2.41. The number of hydrogen-bond acceptors (Lipinski definition) is 8. The lowest BCUT2D eigenvalue weighted by Gasteiger charge is -2.25. The molecule has 10 nitrogen and oxygen atoms in total. The number of hydrogen-bond donors (Lipinski definition) is 2. The summed E-state index contributed by atoms with van der Waals surface area (Å²) < 4.78 is 83.5. The molecule has 0 aromatic heterocycles.